The average molecular weight is 379 g/mol. The summed E-state index contributed by atoms with van der Waals surface area (Å²) >= 11 is 3.05. The molecule has 10 heteroatoms. The predicted octanol–water partition coefficient (Wildman–Crippen LogP) is 1.45. The third kappa shape index (κ3) is 3.06. The van der Waals surface area contributed by atoms with E-state index in [2.05, 4.69) is 15.9 Å². The summed E-state index contributed by atoms with van der Waals surface area (Å²) in [7, 11) is -4.09. The Morgan fingerprint density at radius 3 is 2.67 bits per heavy atom. The largest absolute Gasteiger partial charge is 0.481 e. The number of nitro groups is 1. The topological polar surface area (TPSA) is 118 Å². The van der Waals surface area contributed by atoms with Crippen molar-refractivity contribution < 1.29 is 23.2 Å². The normalized spacial score (nSPS) is 19.6. The molecular weight excluding hydrogens is 368 g/mol. The van der Waals surface area contributed by atoms with Crippen LogP contribution in [0.5, 0.6) is 0 Å². The summed E-state index contributed by atoms with van der Waals surface area (Å²) in [5.41, 5.74) is -0.539. The highest BCUT2D eigenvalue weighted by atomic mass is 79.9. The number of aliphatic carboxylic acids is 1. The maximum atomic E-state index is 12.5. The van der Waals surface area contributed by atoms with Crippen molar-refractivity contribution >= 4 is 37.6 Å². The van der Waals surface area contributed by atoms with Gasteiger partial charge in [-0.2, -0.15) is 4.31 Å². The standard InChI is InChI=1S/C11H11BrN2O6S/c12-8-1-2-10(9(5-8)14(17)18)21(19,20)13-4-3-7(6-13)11(15)16/h1-2,5,7H,3-4,6H2,(H,15,16). The van der Waals surface area contributed by atoms with Gasteiger partial charge in [0.05, 0.1) is 10.8 Å². The molecule has 2 rings (SSSR count). The van der Waals surface area contributed by atoms with Gasteiger partial charge in [-0.15, -0.1) is 0 Å². The van der Waals surface area contributed by atoms with Crippen LogP contribution in [-0.4, -0.2) is 41.8 Å². The van der Waals surface area contributed by atoms with E-state index in [1.807, 2.05) is 0 Å². The Morgan fingerprint density at radius 1 is 1.48 bits per heavy atom. The zero-order valence-electron chi connectivity index (χ0n) is 10.6. The smallest absolute Gasteiger partial charge is 0.307 e. The van der Waals surface area contributed by atoms with Gasteiger partial charge in [0.25, 0.3) is 5.69 Å². The minimum absolute atomic E-state index is 0.0342. The summed E-state index contributed by atoms with van der Waals surface area (Å²) in [5, 5.41) is 19.9. The number of halogens is 1. The second kappa shape index (κ2) is 5.70. The number of benzene rings is 1. The third-order valence-electron chi connectivity index (χ3n) is 3.24. The molecule has 0 amide bonds. The lowest BCUT2D eigenvalue weighted by Crippen LogP contribution is -2.30. The quantitative estimate of drug-likeness (QED) is 0.625. The van der Waals surface area contributed by atoms with Crippen LogP contribution in [0.4, 0.5) is 5.69 Å². The molecule has 0 saturated carbocycles. The van der Waals surface area contributed by atoms with Crippen LogP contribution in [0, 0.1) is 16.0 Å². The van der Waals surface area contributed by atoms with Crippen molar-refractivity contribution in [2.24, 2.45) is 5.92 Å². The van der Waals surface area contributed by atoms with Gasteiger partial charge in [0, 0.05) is 23.6 Å². The van der Waals surface area contributed by atoms with Crippen LogP contribution < -0.4 is 0 Å². The Kier molecular flexibility index (Phi) is 4.30. The number of carbonyl (C=O) groups is 1. The maximum absolute atomic E-state index is 12.5. The molecule has 1 heterocycles. The molecule has 0 radical (unpaired) electrons. The first-order valence-corrected chi connectivity index (χ1v) is 8.13. The molecule has 21 heavy (non-hydrogen) atoms. The minimum atomic E-state index is -4.09. The fraction of sp³-hybridized carbons (Fsp3) is 0.364. The molecule has 1 aromatic carbocycles. The zero-order chi connectivity index (χ0) is 15.8. The highest BCUT2D eigenvalue weighted by Crippen LogP contribution is 2.32. The van der Waals surface area contributed by atoms with Gasteiger partial charge in [0.1, 0.15) is 0 Å². The number of nitrogens with zero attached hydrogens (tertiary/aromatic N) is 2. The third-order valence-corrected chi connectivity index (χ3v) is 5.64. The van der Waals surface area contributed by atoms with Crippen LogP contribution in [0.1, 0.15) is 6.42 Å². The Bertz CT molecular complexity index is 705. The van der Waals surface area contributed by atoms with Gasteiger partial charge >= 0.3 is 5.97 Å². The van der Waals surface area contributed by atoms with Gasteiger partial charge in [0.2, 0.25) is 10.0 Å². The number of hydrogen-bond acceptors (Lipinski definition) is 5. The van der Waals surface area contributed by atoms with Crippen LogP contribution in [0.25, 0.3) is 0 Å². The lowest BCUT2D eigenvalue weighted by atomic mass is 10.1. The van der Waals surface area contributed by atoms with Gasteiger partial charge in [-0.3, -0.25) is 14.9 Å². The first-order valence-electron chi connectivity index (χ1n) is 5.90. The first-order chi connectivity index (χ1) is 9.73. The van der Waals surface area contributed by atoms with Crippen molar-refractivity contribution in [3.63, 3.8) is 0 Å². The average Bonchev–Trinajstić information content (AvgIpc) is 2.88. The molecule has 8 nitrogen and oxygen atoms in total. The van der Waals surface area contributed by atoms with Crippen LogP contribution in [0.2, 0.25) is 0 Å². The van der Waals surface area contributed by atoms with E-state index in [9.17, 15) is 23.3 Å². The summed E-state index contributed by atoms with van der Waals surface area (Å²) in [4.78, 5) is 20.7. The molecule has 0 spiro atoms. The number of rotatable bonds is 4. The van der Waals surface area contributed by atoms with Gasteiger partial charge in [-0.1, -0.05) is 15.9 Å². The summed E-state index contributed by atoms with van der Waals surface area (Å²) in [6, 6.07) is 3.65. The van der Waals surface area contributed by atoms with E-state index in [-0.39, 0.29) is 19.5 Å². The van der Waals surface area contributed by atoms with Crippen molar-refractivity contribution in [1.29, 1.82) is 0 Å². The summed E-state index contributed by atoms with van der Waals surface area (Å²) in [6.07, 6.45) is 0.193. The lowest BCUT2D eigenvalue weighted by molar-refractivity contribution is -0.387. The summed E-state index contributed by atoms with van der Waals surface area (Å²) in [6.45, 7) is -0.141. The second-order valence-corrected chi connectivity index (χ2v) is 7.38. The number of sulfonamides is 1. The van der Waals surface area contributed by atoms with E-state index in [0.29, 0.717) is 4.47 Å². The van der Waals surface area contributed by atoms with Gasteiger partial charge in [-0.25, -0.2) is 8.42 Å². The van der Waals surface area contributed by atoms with Crippen LogP contribution in [0.15, 0.2) is 27.6 Å². The summed E-state index contributed by atoms with van der Waals surface area (Å²) < 4.78 is 26.3. The first kappa shape index (κ1) is 15.9. The number of carboxylic acid groups (broad SMARTS) is 1. The molecule has 0 bridgehead atoms. The highest BCUT2D eigenvalue weighted by Gasteiger charge is 2.38. The Labute approximate surface area is 128 Å². The maximum Gasteiger partial charge on any atom is 0.307 e. The second-order valence-electron chi connectivity index (χ2n) is 4.56. The van der Waals surface area contributed by atoms with E-state index in [4.69, 9.17) is 5.11 Å². The van der Waals surface area contributed by atoms with Gasteiger partial charge in [0.15, 0.2) is 4.90 Å². The molecule has 1 N–H and O–H groups in total. The van der Waals surface area contributed by atoms with Crippen LogP contribution >= 0.6 is 15.9 Å². The number of nitro benzene ring substituents is 1. The SMILES string of the molecule is O=C(O)C1CCN(S(=O)(=O)c2ccc(Br)cc2[N+](=O)[O-])C1. The predicted molar refractivity (Wildman–Crippen MR) is 75.3 cm³/mol. The highest BCUT2D eigenvalue weighted by molar-refractivity contribution is 9.10. The van der Waals surface area contributed by atoms with E-state index < -0.39 is 37.4 Å². The monoisotopic (exact) mass is 378 g/mol. The molecule has 1 atom stereocenters. The molecule has 1 aromatic rings. The molecule has 1 aliphatic rings. The van der Waals surface area contributed by atoms with Crippen molar-refractivity contribution in [2.45, 2.75) is 11.3 Å². The zero-order valence-corrected chi connectivity index (χ0v) is 13.0. The molecule has 1 unspecified atom stereocenters. The van der Waals surface area contributed by atoms with Gasteiger partial charge < -0.3 is 5.11 Å². The Morgan fingerprint density at radius 2 is 2.14 bits per heavy atom. The molecule has 114 valence electrons. The van der Waals surface area contributed by atoms with Crippen molar-refractivity contribution in [2.75, 3.05) is 13.1 Å². The van der Waals surface area contributed by atoms with Crippen molar-refractivity contribution in [3.05, 3.63) is 32.8 Å². The molecular formula is C11H11BrN2O6S. The summed E-state index contributed by atoms with van der Waals surface area (Å²) in [5.74, 6) is -1.85. The molecule has 1 fully saturated rings. The number of carboxylic acids is 1. The van der Waals surface area contributed by atoms with Crippen LogP contribution in [-0.2, 0) is 14.8 Å². The molecule has 1 saturated heterocycles. The molecule has 0 aliphatic carbocycles. The fourth-order valence-corrected chi connectivity index (χ4v) is 4.13. The van der Waals surface area contributed by atoms with E-state index >= 15 is 0 Å². The van der Waals surface area contributed by atoms with Crippen LogP contribution in [0.3, 0.4) is 0 Å². The lowest BCUT2D eigenvalue weighted by Gasteiger charge is -2.16. The Balaban J connectivity index is 2.42. The fourth-order valence-electron chi connectivity index (χ4n) is 2.14. The molecule has 1 aliphatic heterocycles. The van der Waals surface area contributed by atoms with E-state index in [1.165, 1.54) is 6.07 Å². The minimum Gasteiger partial charge on any atom is -0.481 e. The van der Waals surface area contributed by atoms with E-state index in [0.717, 1.165) is 16.4 Å². The van der Waals surface area contributed by atoms with Gasteiger partial charge in [-0.05, 0) is 18.6 Å². The van der Waals surface area contributed by atoms with Crippen molar-refractivity contribution in [1.82, 2.24) is 4.31 Å². The van der Waals surface area contributed by atoms with Crippen molar-refractivity contribution in [3.8, 4) is 0 Å². The van der Waals surface area contributed by atoms with E-state index in [1.54, 1.807) is 0 Å². The number of hydrogen-bond donors (Lipinski definition) is 1. The Hall–Kier alpha value is -1.52. The molecule has 0 aromatic heterocycles.